The highest BCUT2D eigenvalue weighted by Crippen LogP contribution is 2.18. The van der Waals surface area contributed by atoms with E-state index in [-0.39, 0.29) is 4.92 Å². The van der Waals surface area contributed by atoms with Crippen molar-refractivity contribution in [3.8, 4) is 0 Å². The zero-order valence-corrected chi connectivity index (χ0v) is 8.95. The molecule has 0 saturated carbocycles. The van der Waals surface area contributed by atoms with Crippen LogP contribution in [0.2, 0.25) is 0 Å². The summed E-state index contributed by atoms with van der Waals surface area (Å²) in [6.07, 6.45) is 4.74. The van der Waals surface area contributed by atoms with Gasteiger partial charge in [-0.1, -0.05) is 30.3 Å². The molecule has 1 atom stereocenters. The maximum Gasteiger partial charge on any atom is 0.286 e. The first-order valence-corrected chi connectivity index (χ1v) is 5.40. The van der Waals surface area contributed by atoms with E-state index in [2.05, 4.69) is 0 Å². The number of likely N-dealkylation sites (tertiary alicyclic amines) is 1. The van der Waals surface area contributed by atoms with Gasteiger partial charge in [-0.3, -0.25) is 10.1 Å². The van der Waals surface area contributed by atoms with Gasteiger partial charge in [-0.15, -0.1) is 0 Å². The SMILES string of the molecule is O=[N+]([O-])C1CCCN1/C=C/c1ccccc1. The second-order valence-corrected chi connectivity index (χ2v) is 3.87. The van der Waals surface area contributed by atoms with E-state index in [4.69, 9.17) is 0 Å². The van der Waals surface area contributed by atoms with E-state index in [9.17, 15) is 10.1 Å². The molecule has 1 heterocycles. The predicted octanol–water partition coefficient (Wildman–Crippen LogP) is 2.36. The molecule has 1 aliphatic rings. The highest BCUT2D eigenvalue weighted by molar-refractivity contribution is 5.48. The number of hydrogen-bond acceptors (Lipinski definition) is 3. The normalized spacial score (nSPS) is 20.5. The Morgan fingerprint density at radius 1 is 1.38 bits per heavy atom. The Morgan fingerprint density at radius 3 is 2.81 bits per heavy atom. The van der Waals surface area contributed by atoms with Gasteiger partial charge in [0.15, 0.2) is 0 Å². The van der Waals surface area contributed by atoms with Crippen molar-refractivity contribution in [3.05, 3.63) is 52.2 Å². The second kappa shape index (κ2) is 4.79. The van der Waals surface area contributed by atoms with Crippen LogP contribution in [0.1, 0.15) is 18.4 Å². The predicted molar refractivity (Wildman–Crippen MR) is 62.2 cm³/mol. The zero-order chi connectivity index (χ0) is 11.4. The number of rotatable bonds is 3. The molecule has 0 spiro atoms. The van der Waals surface area contributed by atoms with Crippen molar-refractivity contribution in [2.24, 2.45) is 0 Å². The fourth-order valence-corrected chi connectivity index (χ4v) is 1.92. The lowest BCUT2D eigenvalue weighted by atomic mass is 10.2. The molecule has 1 unspecified atom stereocenters. The molecule has 0 aliphatic carbocycles. The van der Waals surface area contributed by atoms with Crippen molar-refractivity contribution in [2.75, 3.05) is 6.54 Å². The van der Waals surface area contributed by atoms with Gasteiger partial charge in [-0.2, -0.15) is 0 Å². The van der Waals surface area contributed by atoms with Crippen LogP contribution in [-0.2, 0) is 0 Å². The van der Waals surface area contributed by atoms with E-state index < -0.39 is 6.17 Å². The Morgan fingerprint density at radius 2 is 2.12 bits per heavy atom. The molecule has 1 aromatic carbocycles. The maximum atomic E-state index is 10.8. The second-order valence-electron chi connectivity index (χ2n) is 3.87. The molecule has 84 valence electrons. The molecule has 0 bridgehead atoms. The van der Waals surface area contributed by atoms with Crippen LogP contribution in [0.15, 0.2) is 36.5 Å². The van der Waals surface area contributed by atoms with Gasteiger partial charge in [0.1, 0.15) is 0 Å². The van der Waals surface area contributed by atoms with Crippen LogP contribution in [0.4, 0.5) is 0 Å². The van der Waals surface area contributed by atoms with Gasteiger partial charge in [0, 0.05) is 24.1 Å². The fraction of sp³-hybridized carbons (Fsp3) is 0.333. The third-order valence-corrected chi connectivity index (χ3v) is 2.76. The lowest BCUT2D eigenvalue weighted by molar-refractivity contribution is -0.542. The molecule has 0 radical (unpaired) electrons. The number of nitrogens with zero attached hydrogens (tertiary/aromatic N) is 2. The summed E-state index contributed by atoms with van der Waals surface area (Å²) in [5, 5.41) is 10.8. The Balaban J connectivity index is 2.04. The van der Waals surface area contributed by atoms with Crippen LogP contribution in [0, 0.1) is 10.1 Å². The van der Waals surface area contributed by atoms with Gasteiger partial charge in [0.2, 0.25) is 0 Å². The minimum absolute atomic E-state index is 0.206. The molecule has 0 amide bonds. The van der Waals surface area contributed by atoms with Gasteiger partial charge in [-0.05, 0) is 18.1 Å². The summed E-state index contributed by atoms with van der Waals surface area (Å²) in [5.74, 6) is 0. The Hall–Kier alpha value is -1.84. The molecule has 4 nitrogen and oxygen atoms in total. The van der Waals surface area contributed by atoms with Crippen molar-refractivity contribution in [1.29, 1.82) is 0 Å². The molecular weight excluding hydrogens is 204 g/mol. The Bertz CT molecular complexity index is 389. The zero-order valence-electron chi connectivity index (χ0n) is 8.95. The maximum absolute atomic E-state index is 10.8. The summed E-state index contributed by atoms with van der Waals surface area (Å²) in [6, 6.07) is 9.82. The average Bonchev–Trinajstić information content (AvgIpc) is 2.76. The lowest BCUT2D eigenvalue weighted by Gasteiger charge is -2.14. The van der Waals surface area contributed by atoms with Gasteiger partial charge < -0.3 is 4.90 Å². The number of nitro groups is 1. The largest absolute Gasteiger partial charge is 0.317 e. The number of hydrogen-bond donors (Lipinski definition) is 0. The third kappa shape index (κ3) is 2.39. The summed E-state index contributed by atoms with van der Waals surface area (Å²) in [4.78, 5) is 12.3. The van der Waals surface area contributed by atoms with Crippen LogP contribution in [0.25, 0.3) is 6.08 Å². The van der Waals surface area contributed by atoms with Crippen molar-refractivity contribution in [1.82, 2.24) is 4.90 Å². The summed E-state index contributed by atoms with van der Waals surface area (Å²) < 4.78 is 0. The molecule has 1 saturated heterocycles. The standard InChI is InChI=1S/C12H14N2O2/c15-14(16)12-7-4-9-13(12)10-8-11-5-2-1-3-6-11/h1-3,5-6,8,10,12H,4,7,9H2/b10-8+. The van der Waals surface area contributed by atoms with Crippen molar-refractivity contribution in [3.63, 3.8) is 0 Å². The quantitative estimate of drug-likeness (QED) is 0.578. The molecule has 1 fully saturated rings. The van der Waals surface area contributed by atoms with E-state index in [1.807, 2.05) is 42.6 Å². The fourth-order valence-electron chi connectivity index (χ4n) is 1.92. The van der Waals surface area contributed by atoms with E-state index in [0.717, 1.165) is 18.5 Å². The van der Waals surface area contributed by atoms with Crippen molar-refractivity contribution >= 4 is 6.08 Å². The summed E-state index contributed by atoms with van der Waals surface area (Å²) in [6.45, 7) is 0.773. The van der Waals surface area contributed by atoms with Gasteiger partial charge in [0.05, 0.1) is 0 Å². The summed E-state index contributed by atoms with van der Waals surface area (Å²) in [5.41, 5.74) is 1.07. The summed E-state index contributed by atoms with van der Waals surface area (Å²) in [7, 11) is 0. The highest BCUT2D eigenvalue weighted by atomic mass is 16.6. The lowest BCUT2D eigenvalue weighted by Crippen LogP contribution is -2.31. The van der Waals surface area contributed by atoms with Crippen LogP contribution in [0.3, 0.4) is 0 Å². The van der Waals surface area contributed by atoms with Crippen molar-refractivity contribution in [2.45, 2.75) is 19.0 Å². The topological polar surface area (TPSA) is 46.4 Å². The number of benzene rings is 1. The van der Waals surface area contributed by atoms with Crippen LogP contribution in [0.5, 0.6) is 0 Å². The highest BCUT2D eigenvalue weighted by Gasteiger charge is 2.30. The van der Waals surface area contributed by atoms with E-state index >= 15 is 0 Å². The molecule has 0 aromatic heterocycles. The van der Waals surface area contributed by atoms with Crippen LogP contribution < -0.4 is 0 Å². The first kappa shape index (κ1) is 10.7. The minimum Gasteiger partial charge on any atom is -0.317 e. The molecule has 2 rings (SSSR count). The minimum atomic E-state index is -0.542. The molecule has 1 aliphatic heterocycles. The van der Waals surface area contributed by atoms with Gasteiger partial charge in [-0.25, -0.2) is 0 Å². The molecule has 4 heteroatoms. The van der Waals surface area contributed by atoms with Gasteiger partial charge in [0.25, 0.3) is 6.17 Å². The van der Waals surface area contributed by atoms with Crippen LogP contribution in [-0.4, -0.2) is 22.5 Å². The first-order valence-electron chi connectivity index (χ1n) is 5.40. The van der Waals surface area contributed by atoms with E-state index in [1.165, 1.54) is 0 Å². The molecule has 16 heavy (non-hydrogen) atoms. The first-order chi connectivity index (χ1) is 7.77. The summed E-state index contributed by atoms with van der Waals surface area (Å²) >= 11 is 0. The van der Waals surface area contributed by atoms with Gasteiger partial charge >= 0.3 is 0 Å². The third-order valence-electron chi connectivity index (χ3n) is 2.76. The molecular formula is C12H14N2O2. The Kier molecular flexibility index (Phi) is 3.19. The van der Waals surface area contributed by atoms with E-state index in [0.29, 0.717) is 6.42 Å². The molecule has 0 N–H and O–H groups in total. The monoisotopic (exact) mass is 218 g/mol. The van der Waals surface area contributed by atoms with Crippen molar-refractivity contribution < 1.29 is 4.92 Å². The molecule has 1 aromatic rings. The average molecular weight is 218 g/mol. The van der Waals surface area contributed by atoms with Crippen LogP contribution >= 0.6 is 0 Å². The van der Waals surface area contributed by atoms with E-state index in [1.54, 1.807) is 4.90 Å². The Labute approximate surface area is 94.3 Å². The smallest absolute Gasteiger partial charge is 0.286 e.